The van der Waals surface area contributed by atoms with E-state index in [-0.39, 0.29) is 12.5 Å². The van der Waals surface area contributed by atoms with Gasteiger partial charge in [-0.3, -0.25) is 4.79 Å². The van der Waals surface area contributed by atoms with Crippen molar-refractivity contribution in [3.05, 3.63) is 47.5 Å². The highest BCUT2D eigenvalue weighted by molar-refractivity contribution is 7.13. The minimum Gasteiger partial charge on any atom is -0.445 e. The van der Waals surface area contributed by atoms with Crippen molar-refractivity contribution >= 4 is 28.5 Å². The third-order valence-corrected chi connectivity index (χ3v) is 3.86. The number of hydrogen-bond acceptors (Lipinski definition) is 6. The van der Waals surface area contributed by atoms with Gasteiger partial charge in [0, 0.05) is 18.1 Å². The zero-order valence-electron chi connectivity index (χ0n) is 13.1. The molecule has 0 radical (unpaired) electrons. The van der Waals surface area contributed by atoms with Crippen LogP contribution in [0.2, 0.25) is 0 Å². The summed E-state index contributed by atoms with van der Waals surface area (Å²) in [6, 6.07) is 8.79. The lowest BCUT2D eigenvalue weighted by molar-refractivity contribution is -0.117. The average Bonchev–Trinajstić information content (AvgIpc) is 3.10. The van der Waals surface area contributed by atoms with Gasteiger partial charge in [0.25, 0.3) is 0 Å². The van der Waals surface area contributed by atoms with Crippen molar-refractivity contribution in [2.75, 3.05) is 11.9 Å². The van der Waals surface area contributed by atoms with E-state index >= 15 is 0 Å². The molecule has 0 fully saturated rings. The van der Waals surface area contributed by atoms with Crippen LogP contribution in [-0.4, -0.2) is 29.6 Å². The molecule has 2 amide bonds. The number of alkyl carbamates (subject to hydrolysis) is 1. The van der Waals surface area contributed by atoms with Crippen molar-refractivity contribution in [2.45, 2.75) is 25.5 Å². The predicted octanol–water partition coefficient (Wildman–Crippen LogP) is 2.12. The van der Waals surface area contributed by atoms with Gasteiger partial charge in [0.1, 0.15) is 6.61 Å². The van der Waals surface area contributed by atoms with Crippen LogP contribution in [0, 0.1) is 0 Å². The van der Waals surface area contributed by atoms with Crippen LogP contribution < -0.4 is 16.4 Å². The van der Waals surface area contributed by atoms with Crippen LogP contribution in [0.5, 0.6) is 0 Å². The first-order valence-electron chi connectivity index (χ1n) is 7.55. The molecule has 7 nitrogen and oxygen atoms in total. The smallest absolute Gasteiger partial charge is 0.407 e. The standard InChI is InChI=1S/C16H20N4O3S/c17-13(14(21)20-15-18-9-10-24-15)7-4-8-19-16(22)23-11-12-5-2-1-3-6-12/h1-3,5-6,9-10,13H,4,7-8,11,17H2,(H,19,22)(H,18,20,21)/t13-/m0/s1. The number of hydrogen-bond donors (Lipinski definition) is 3. The van der Waals surface area contributed by atoms with E-state index in [2.05, 4.69) is 15.6 Å². The van der Waals surface area contributed by atoms with Crippen molar-refractivity contribution < 1.29 is 14.3 Å². The Morgan fingerprint density at radius 1 is 1.29 bits per heavy atom. The van der Waals surface area contributed by atoms with Gasteiger partial charge in [0.15, 0.2) is 5.13 Å². The van der Waals surface area contributed by atoms with Gasteiger partial charge in [-0.25, -0.2) is 9.78 Å². The van der Waals surface area contributed by atoms with Crippen LogP contribution in [0.25, 0.3) is 0 Å². The number of thiazole rings is 1. The summed E-state index contributed by atoms with van der Waals surface area (Å²) < 4.78 is 5.09. The first-order chi connectivity index (χ1) is 11.6. The van der Waals surface area contributed by atoms with Crippen LogP contribution in [0.1, 0.15) is 18.4 Å². The van der Waals surface area contributed by atoms with E-state index in [9.17, 15) is 9.59 Å². The first-order valence-corrected chi connectivity index (χ1v) is 8.43. The Labute approximate surface area is 144 Å². The maximum absolute atomic E-state index is 11.8. The molecule has 4 N–H and O–H groups in total. The van der Waals surface area contributed by atoms with E-state index in [0.29, 0.717) is 24.5 Å². The lowest BCUT2D eigenvalue weighted by Gasteiger charge is -2.11. The SMILES string of the molecule is N[C@@H](CCCNC(=O)OCc1ccccc1)C(=O)Nc1nccs1. The van der Waals surface area contributed by atoms with Crippen LogP contribution in [0.4, 0.5) is 9.93 Å². The van der Waals surface area contributed by atoms with Crippen LogP contribution >= 0.6 is 11.3 Å². The van der Waals surface area contributed by atoms with Crippen molar-refractivity contribution in [3.8, 4) is 0 Å². The average molecular weight is 348 g/mol. The second-order valence-corrected chi connectivity index (χ2v) is 5.96. The van der Waals surface area contributed by atoms with Crippen molar-refractivity contribution in [1.29, 1.82) is 0 Å². The summed E-state index contributed by atoms with van der Waals surface area (Å²) in [6.45, 7) is 0.619. The molecule has 2 rings (SSSR count). The Bertz CT molecular complexity index is 634. The Hall–Kier alpha value is -2.45. The number of benzene rings is 1. The molecule has 1 heterocycles. The molecular formula is C16H20N4O3S. The highest BCUT2D eigenvalue weighted by Crippen LogP contribution is 2.10. The largest absolute Gasteiger partial charge is 0.445 e. The molecule has 0 bridgehead atoms. The van der Waals surface area contributed by atoms with E-state index in [4.69, 9.17) is 10.5 Å². The third-order valence-electron chi connectivity index (χ3n) is 3.17. The number of ether oxygens (including phenoxy) is 1. The number of nitrogens with zero attached hydrogens (tertiary/aromatic N) is 1. The van der Waals surface area contributed by atoms with Crippen molar-refractivity contribution in [1.82, 2.24) is 10.3 Å². The summed E-state index contributed by atoms with van der Waals surface area (Å²) in [6.07, 6.45) is 2.15. The van der Waals surface area contributed by atoms with E-state index < -0.39 is 12.1 Å². The minimum absolute atomic E-state index is 0.225. The number of nitrogens with one attached hydrogen (secondary N) is 2. The molecule has 0 spiro atoms. The van der Waals surface area contributed by atoms with Gasteiger partial charge in [-0.15, -0.1) is 11.3 Å². The molecule has 1 atom stereocenters. The van der Waals surface area contributed by atoms with E-state index in [1.54, 1.807) is 11.6 Å². The molecule has 128 valence electrons. The summed E-state index contributed by atoms with van der Waals surface area (Å²) >= 11 is 1.33. The van der Waals surface area contributed by atoms with Gasteiger partial charge in [0.05, 0.1) is 6.04 Å². The van der Waals surface area contributed by atoms with Gasteiger partial charge in [-0.1, -0.05) is 30.3 Å². The fourth-order valence-electron chi connectivity index (χ4n) is 1.90. The quantitative estimate of drug-likeness (QED) is 0.634. The monoisotopic (exact) mass is 348 g/mol. The van der Waals surface area contributed by atoms with Gasteiger partial charge in [-0.05, 0) is 18.4 Å². The van der Waals surface area contributed by atoms with E-state index in [1.807, 2.05) is 30.3 Å². The molecule has 1 aromatic carbocycles. The molecule has 0 aliphatic carbocycles. The summed E-state index contributed by atoms with van der Waals surface area (Å²) in [4.78, 5) is 27.3. The molecule has 0 saturated heterocycles. The fraction of sp³-hybridized carbons (Fsp3) is 0.312. The predicted molar refractivity (Wildman–Crippen MR) is 92.6 cm³/mol. The molecule has 0 saturated carbocycles. The first kappa shape index (κ1) is 17.9. The number of aromatic nitrogens is 1. The lowest BCUT2D eigenvalue weighted by Crippen LogP contribution is -2.36. The summed E-state index contributed by atoms with van der Waals surface area (Å²) in [5.74, 6) is -0.281. The minimum atomic E-state index is -0.643. The summed E-state index contributed by atoms with van der Waals surface area (Å²) in [5.41, 5.74) is 6.73. The number of anilines is 1. The molecule has 24 heavy (non-hydrogen) atoms. The topological polar surface area (TPSA) is 106 Å². The highest BCUT2D eigenvalue weighted by Gasteiger charge is 2.14. The zero-order valence-corrected chi connectivity index (χ0v) is 13.9. The maximum Gasteiger partial charge on any atom is 0.407 e. The molecular weight excluding hydrogens is 328 g/mol. The maximum atomic E-state index is 11.8. The van der Waals surface area contributed by atoms with Crippen molar-refractivity contribution in [2.24, 2.45) is 5.73 Å². The molecule has 0 unspecified atom stereocenters. The fourth-order valence-corrected chi connectivity index (χ4v) is 2.43. The van der Waals surface area contributed by atoms with Crippen molar-refractivity contribution in [3.63, 3.8) is 0 Å². The second kappa shape index (κ2) is 9.64. The van der Waals surface area contributed by atoms with Crippen LogP contribution in [-0.2, 0) is 16.1 Å². The molecule has 0 aliphatic heterocycles. The van der Waals surface area contributed by atoms with Crippen LogP contribution in [0.15, 0.2) is 41.9 Å². The van der Waals surface area contributed by atoms with E-state index in [0.717, 1.165) is 5.56 Å². The molecule has 2 aromatic rings. The number of carbonyl (C=O) groups is 2. The number of carbonyl (C=O) groups excluding carboxylic acids is 2. The number of nitrogens with two attached hydrogens (primary N) is 1. The Balaban J connectivity index is 1.56. The highest BCUT2D eigenvalue weighted by atomic mass is 32.1. The Morgan fingerprint density at radius 2 is 2.08 bits per heavy atom. The van der Waals surface area contributed by atoms with Gasteiger partial charge in [0.2, 0.25) is 5.91 Å². The summed E-state index contributed by atoms with van der Waals surface area (Å²) in [5, 5.41) is 7.57. The Morgan fingerprint density at radius 3 is 2.79 bits per heavy atom. The second-order valence-electron chi connectivity index (χ2n) is 5.06. The number of amides is 2. The molecule has 0 aliphatic rings. The molecule has 8 heteroatoms. The lowest BCUT2D eigenvalue weighted by atomic mass is 10.1. The normalized spacial score (nSPS) is 11.5. The van der Waals surface area contributed by atoms with Gasteiger partial charge < -0.3 is 21.1 Å². The van der Waals surface area contributed by atoms with Gasteiger partial charge in [-0.2, -0.15) is 0 Å². The summed E-state index contributed by atoms with van der Waals surface area (Å²) in [7, 11) is 0. The van der Waals surface area contributed by atoms with Gasteiger partial charge >= 0.3 is 6.09 Å². The Kier molecular flexibility index (Phi) is 7.19. The number of rotatable bonds is 8. The zero-order chi connectivity index (χ0) is 17.2. The van der Waals surface area contributed by atoms with E-state index in [1.165, 1.54) is 11.3 Å². The third kappa shape index (κ3) is 6.35. The molecule has 1 aromatic heterocycles. The van der Waals surface area contributed by atoms with Crippen LogP contribution in [0.3, 0.4) is 0 Å².